The van der Waals surface area contributed by atoms with Crippen molar-refractivity contribution in [1.29, 1.82) is 0 Å². The largest absolute Gasteiger partial charge is 0.399 e. The summed E-state index contributed by atoms with van der Waals surface area (Å²) in [4.78, 5) is 31.3. The minimum absolute atomic E-state index is 0.0315. The quantitative estimate of drug-likeness (QED) is 0.835. The van der Waals surface area contributed by atoms with Gasteiger partial charge in [0.05, 0.1) is 6.54 Å². The fourth-order valence-electron chi connectivity index (χ4n) is 4.07. The van der Waals surface area contributed by atoms with Gasteiger partial charge < -0.3 is 20.4 Å². The molecule has 2 fully saturated rings. The Morgan fingerprint density at radius 2 is 1.68 bits per heavy atom. The van der Waals surface area contributed by atoms with Gasteiger partial charge in [0.2, 0.25) is 5.91 Å². The molecular formula is C19H28N4O2. The number of carbonyl (C=O) groups is 2. The number of nitrogens with zero attached hydrogens (tertiary/aromatic N) is 3. The smallest absolute Gasteiger partial charge is 0.219 e. The lowest BCUT2D eigenvalue weighted by molar-refractivity contribution is -0.133. The van der Waals surface area contributed by atoms with Crippen LogP contribution in [0.25, 0.3) is 0 Å². The summed E-state index contributed by atoms with van der Waals surface area (Å²) in [5.74, 6) is 0.145. The van der Waals surface area contributed by atoms with E-state index in [-0.39, 0.29) is 11.7 Å². The molecule has 1 amide bonds. The van der Waals surface area contributed by atoms with Gasteiger partial charge in [-0.05, 0) is 57.1 Å². The van der Waals surface area contributed by atoms with Gasteiger partial charge in [0.1, 0.15) is 5.54 Å². The van der Waals surface area contributed by atoms with E-state index < -0.39 is 5.54 Å². The number of ketones is 1. The summed E-state index contributed by atoms with van der Waals surface area (Å²) in [6, 6.07) is 7.68. The summed E-state index contributed by atoms with van der Waals surface area (Å²) in [6.45, 7) is 7.67. The number of piperazine rings is 1. The van der Waals surface area contributed by atoms with Gasteiger partial charge in [-0.3, -0.25) is 9.59 Å². The molecule has 2 aliphatic rings. The van der Waals surface area contributed by atoms with Crippen LogP contribution < -0.4 is 10.6 Å². The van der Waals surface area contributed by atoms with Crippen molar-refractivity contribution in [3.8, 4) is 0 Å². The molecule has 1 aromatic rings. The van der Waals surface area contributed by atoms with E-state index in [1.165, 1.54) is 12.8 Å². The third kappa shape index (κ3) is 3.49. The van der Waals surface area contributed by atoms with Crippen LogP contribution >= 0.6 is 0 Å². The van der Waals surface area contributed by atoms with E-state index >= 15 is 0 Å². The van der Waals surface area contributed by atoms with E-state index in [1.807, 2.05) is 29.2 Å². The standard InChI is InChI=1S/C19H28N4O2/c1-15(24)19(13-21-9-3-4-10-21)14-22(16(2)25)11-12-23(19)18-7-5-17(20)6-8-18/h5-8H,3-4,9-14,20H2,1-2H3/t19-/m1/s1. The maximum atomic E-state index is 12.9. The Balaban J connectivity index is 1.98. The SMILES string of the molecule is CC(=O)N1CCN(c2ccc(N)cc2)[C@@](CN2CCCC2)(C(C)=O)C1. The van der Waals surface area contributed by atoms with Crippen molar-refractivity contribution in [3.63, 3.8) is 0 Å². The van der Waals surface area contributed by atoms with Crippen molar-refractivity contribution >= 4 is 23.1 Å². The molecule has 0 spiro atoms. The second-order valence-corrected chi connectivity index (χ2v) is 7.25. The number of benzene rings is 1. The molecule has 2 saturated heterocycles. The van der Waals surface area contributed by atoms with E-state index in [0.29, 0.717) is 31.9 Å². The number of Topliss-reactive ketones (excluding diaryl/α,β-unsaturated/α-hetero) is 1. The van der Waals surface area contributed by atoms with Gasteiger partial charge in [-0.1, -0.05) is 0 Å². The van der Waals surface area contributed by atoms with Crippen LogP contribution in [0.15, 0.2) is 24.3 Å². The zero-order valence-corrected chi connectivity index (χ0v) is 15.2. The van der Waals surface area contributed by atoms with Crippen LogP contribution in [0.4, 0.5) is 11.4 Å². The Labute approximate surface area is 149 Å². The van der Waals surface area contributed by atoms with Crippen LogP contribution in [-0.2, 0) is 9.59 Å². The first-order valence-electron chi connectivity index (χ1n) is 9.04. The first kappa shape index (κ1) is 17.7. The third-order valence-corrected chi connectivity index (χ3v) is 5.55. The fraction of sp³-hybridized carbons (Fsp3) is 0.579. The molecule has 25 heavy (non-hydrogen) atoms. The summed E-state index contributed by atoms with van der Waals surface area (Å²) in [5.41, 5.74) is 6.83. The molecule has 6 heteroatoms. The third-order valence-electron chi connectivity index (χ3n) is 5.55. The number of carbonyl (C=O) groups excluding carboxylic acids is 2. The number of nitrogen functional groups attached to an aromatic ring is 1. The molecule has 6 nitrogen and oxygen atoms in total. The molecular weight excluding hydrogens is 316 g/mol. The minimum atomic E-state index is -0.704. The molecule has 2 heterocycles. The summed E-state index contributed by atoms with van der Waals surface area (Å²) in [6.07, 6.45) is 2.35. The van der Waals surface area contributed by atoms with Crippen LogP contribution in [0.5, 0.6) is 0 Å². The van der Waals surface area contributed by atoms with Crippen LogP contribution in [-0.4, -0.2) is 66.3 Å². The number of rotatable bonds is 4. The van der Waals surface area contributed by atoms with Gasteiger partial charge in [-0.15, -0.1) is 0 Å². The summed E-state index contributed by atoms with van der Waals surface area (Å²) in [5, 5.41) is 0. The topological polar surface area (TPSA) is 69.9 Å². The molecule has 0 radical (unpaired) electrons. The van der Waals surface area contributed by atoms with Gasteiger partial charge in [0, 0.05) is 37.9 Å². The second-order valence-electron chi connectivity index (χ2n) is 7.25. The molecule has 0 unspecified atom stereocenters. The summed E-state index contributed by atoms with van der Waals surface area (Å²) in [7, 11) is 0. The number of nitrogens with two attached hydrogens (primary N) is 1. The molecule has 1 atom stereocenters. The number of hydrogen-bond acceptors (Lipinski definition) is 5. The Morgan fingerprint density at radius 1 is 1.04 bits per heavy atom. The van der Waals surface area contributed by atoms with E-state index in [1.54, 1.807) is 13.8 Å². The number of amides is 1. The van der Waals surface area contributed by atoms with Gasteiger partial charge in [0.15, 0.2) is 5.78 Å². The highest BCUT2D eigenvalue weighted by molar-refractivity contribution is 5.92. The lowest BCUT2D eigenvalue weighted by atomic mass is 9.87. The normalized spacial score (nSPS) is 24.6. The molecule has 0 bridgehead atoms. The Morgan fingerprint density at radius 3 is 2.24 bits per heavy atom. The van der Waals surface area contributed by atoms with Crippen molar-refractivity contribution < 1.29 is 9.59 Å². The average Bonchev–Trinajstić information content (AvgIpc) is 3.08. The summed E-state index contributed by atoms with van der Waals surface area (Å²) < 4.78 is 0. The van der Waals surface area contributed by atoms with Crippen LogP contribution in [0, 0.1) is 0 Å². The maximum Gasteiger partial charge on any atom is 0.219 e. The van der Waals surface area contributed by atoms with Gasteiger partial charge in [-0.2, -0.15) is 0 Å². The van der Waals surface area contributed by atoms with Crippen molar-refractivity contribution in [2.45, 2.75) is 32.2 Å². The van der Waals surface area contributed by atoms with E-state index in [2.05, 4.69) is 9.80 Å². The molecule has 0 aromatic heterocycles. The lowest BCUT2D eigenvalue weighted by Crippen LogP contribution is -2.70. The minimum Gasteiger partial charge on any atom is -0.399 e. The summed E-state index contributed by atoms with van der Waals surface area (Å²) >= 11 is 0. The van der Waals surface area contributed by atoms with Crippen molar-refractivity contribution in [1.82, 2.24) is 9.80 Å². The van der Waals surface area contributed by atoms with E-state index in [9.17, 15) is 9.59 Å². The van der Waals surface area contributed by atoms with Crippen LogP contribution in [0.3, 0.4) is 0 Å². The highest BCUT2D eigenvalue weighted by atomic mass is 16.2. The number of anilines is 2. The Hall–Kier alpha value is -2.08. The Kier molecular flexibility index (Phi) is 4.99. The van der Waals surface area contributed by atoms with Gasteiger partial charge >= 0.3 is 0 Å². The Bertz CT molecular complexity index is 639. The molecule has 2 aliphatic heterocycles. The molecule has 0 aliphatic carbocycles. The average molecular weight is 344 g/mol. The zero-order valence-electron chi connectivity index (χ0n) is 15.2. The van der Waals surface area contributed by atoms with E-state index in [0.717, 1.165) is 18.8 Å². The highest BCUT2D eigenvalue weighted by Gasteiger charge is 2.47. The van der Waals surface area contributed by atoms with E-state index in [4.69, 9.17) is 5.73 Å². The molecule has 0 saturated carbocycles. The number of likely N-dealkylation sites (tertiary alicyclic amines) is 1. The maximum absolute atomic E-state index is 12.9. The van der Waals surface area contributed by atoms with Crippen LogP contribution in [0.1, 0.15) is 26.7 Å². The zero-order chi connectivity index (χ0) is 18.0. The highest BCUT2D eigenvalue weighted by Crippen LogP contribution is 2.32. The van der Waals surface area contributed by atoms with Gasteiger partial charge in [-0.25, -0.2) is 0 Å². The van der Waals surface area contributed by atoms with Gasteiger partial charge in [0.25, 0.3) is 0 Å². The molecule has 2 N–H and O–H groups in total. The predicted octanol–water partition coefficient (Wildman–Crippen LogP) is 1.36. The van der Waals surface area contributed by atoms with Crippen molar-refractivity contribution in [3.05, 3.63) is 24.3 Å². The lowest BCUT2D eigenvalue weighted by Gasteiger charge is -2.51. The first-order valence-corrected chi connectivity index (χ1v) is 9.04. The first-order chi connectivity index (χ1) is 11.9. The monoisotopic (exact) mass is 344 g/mol. The van der Waals surface area contributed by atoms with Crippen molar-refractivity contribution in [2.24, 2.45) is 0 Å². The van der Waals surface area contributed by atoms with Crippen LogP contribution in [0.2, 0.25) is 0 Å². The molecule has 136 valence electrons. The second kappa shape index (κ2) is 7.04. The molecule has 3 rings (SSSR count). The molecule has 1 aromatic carbocycles. The predicted molar refractivity (Wildman–Crippen MR) is 99.5 cm³/mol. The number of hydrogen-bond donors (Lipinski definition) is 1. The fourth-order valence-corrected chi connectivity index (χ4v) is 4.07. The van der Waals surface area contributed by atoms with Crippen molar-refractivity contribution in [2.75, 3.05) is 49.9 Å².